The fourth-order valence-corrected chi connectivity index (χ4v) is 4.04. The molecule has 2 heterocycles. The topological polar surface area (TPSA) is 26.7 Å². The maximum atomic E-state index is 9.70. The molecule has 1 N–H and O–H groups in total. The van der Waals surface area contributed by atoms with Crippen molar-refractivity contribution in [3.05, 3.63) is 0 Å². The highest BCUT2D eigenvalue weighted by atomic mass is 16.3. The van der Waals surface area contributed by atoms with Crippen molar-refractivity contribution in [3.8, 4) is 0 Å². The van der Waals surface area contributed by atoms with Gasteiger partial charge in [-0.05, 0) is 63.7 Å². The van der Waals surface area contributed by atoms with Crippen LogP contribution >= 0.6 is 0 Å². The summed E-state index contributed by atoms with van der Waals surface area (Å²) < 4.78 is 0. The molecule has 3 heteroatoms. The largest absolute Gasteiger partial charge is 0.396 e. The Kier molecular flexibility index (Phi) is 5.67. The lowest BCUT2D eigenvalue weighted by Gasteiger charge is -2.42. The van der Waals surface area contributed by atoms with E-state index in [1.54, 1.807) is 0 Å². The molecule has 1 unspecified atom stereocenters. The van der Waals surface area contributed by atoms with Crippen LogP contribution in [0.2, 0.25) is 0 Å². The molecule has 2 saturated heterocycles. The van der Waals surface area contributed by atoms with Crippen LogP contribution in [0.25, 0.3) is 0 Å². The Labute approximate surface area is 119 Å². The Hall–Kier alpha value is -0.120. The highest BCUT2D eigenvalue weighted by Crippen LogP contribution is 2.36. The van der Waals surface area contributed by atoms with Crippen LogP contribution in [-0.4, -0.2) is 60.3 Å². The summed E-state index contributed by atoms with van der Waals surface area (Å²) >= 11 is 0. The van der Waals surface area contributed by atoms with E-state index in [2.05, 4.69) is 23.6 Å². The minimum atomic E-state index is 0.241. The molecule has 19 heavy (non-hydrogen) atoms. The number of likely N-dealkylation sites (tertiary alicyclic amines) is 2. The zero-order valence-electron chi connectivity index (χ0n) is 12.9. The van der Waals surface area contributed by atoms with Gasteiger partial charge in [0, 0.05) is 19.2 Å². The number of aliphatic hydroxyl groups excluding tert-OH is 1. The zero-order chi connectivity index (χ0) is 13.7. The van der Waals surface area contributed by atoms with E-state index in [-0.39, 0.29) is 5.41 Å². The minimum absolute atomic E-state index is 0.241. The van der Waals surface area contributed by atoms with Crippen molar-refractivity contribution >= 4 is 0 Å². The van der Waals surface area contributed by atoms with Gasteiger partial charge in [-0.25, -0.2) is 0 Å². The molecule has 0 aliphatic carbocycles. The zero-order valence-corrected chi connectivity index (χ0v) is 12.9. The van der Waals surface area contributed by atoms with Crippen LogP contribution in [0.5, 0.6) is 0 Å². The van der Waals surface area contributed by atoms with Crippen molar-refractivity contribution in [2.75, 3.05) is 39.3 Å². The van der Waals surface area contributed by atoms with Gasteiger partial charge in [-0.15, -0.1) is 0 Å². The van der Waals surface area contributed by atoms with E-state index in [0.29, 0.717) is 6.61 Å². The van der Waals surface area contributed by atoms with E-state index in [4.69, 9.17) is 0 Å². The monoisotopic (exact) mass is 268 g/mol. The first-order chi connectivity index (χ1) is 9.23. The molecule has 2 rings (SSSR count). The maximum absolute atomic E-state index is 9.70. The summed E-state index contributed by atoms with van der Waals surface area (Å²) in [6.07, 6.45) is 7.54. The van der Waals surface area contributed by atoms with Crippen molar-refractivity contribution in [1.29, 1.82) is 0 Å². The molecule has 0 aromatic rings. The first-order valence-corrected chi connectivity index (χ1v) is 8.30. The normalized spacial score (nSPS) is 28.9. The summed E-state index contributed by atoms with van der Waals surface area (Å²) in [6.45, 7) is 11.0. The van der Waals surface area contributed by atoms with Gasteiger partial charge in [0.1, 0.15) is 0 Å². The molecule has 2 aliphatic heterocycles. The van der Waals surface area contributed by atoms with Crippen LogP contribution in [0, 0.1) is 5.41 Å². The second kappa shape index (κ2) is 7.05. The number of rotatable bonds is 6. The molecule has 112 valence electrons. The first-order valence-electron chi connectivity index (χ1n) is 8.30. The quantitative estimate of drug-likeness (QED) is 0.801. The number of aliphatic hydroxyl groups is 1. The third-order valence-electron chi connectivity index (χ3n) is 5.41. The van der Waals surface area contributed by atoms with Gasteiger partial charge < -0.3 is 10.0 Å². The number of hydrogen-bond acceptors (Lipinski definition) is 3. The Bertz CT molecular complexity index is 261. The lowest BCUT2D eigenvalue weighted by Crippen LogP contribution is -2.47. The van der Waals surface area contributed by atoms with Crippen LogP contribution in [0.3, 0.4) is 0 Å². The Morgan fingerprint density at radius 2 is 1.89 bits per heavy atom. The average Bonchev–Trinajstić information content (AvgIpc) is 2.89. The molecule has 0 aromatic carbocycles. The Morgan fingerprint density at radius 3 is 2.47 bits per heavy atom. The molecule has 0 amide bonds. The molecule has 0 saturated carbocycles. The van der Waals surface area contributed by atoms with E-state index in [0.717, 1.165) is 6.04 Å². The molecule has 2 aliphatic rings. The molecule has 1 atom stereocenters. The maximum Gasteiger partial charge on any atom is 0.0488 e. The van der Waals surface area contributed by atoms with E-state index >= 15 is 0 Å². The van der Waals surface area contributed by atoms with Crippen LogP contribution in [0.15, 0.2) is 0 Å². The van der Waals surface area contributed by atoms with Crippen molar-refractivity contribution in [3.63, 3.8) is 0 Å². The van der Waals surface area contributed by atoms with Crippen LogP contribution in [0.1, 0.15) is 52.4 Å². The van der Waals surface area contributed by atoms with Crippen molar-refractivity contribution in [2.24, 2.45) is 5.41 Å². The van der Waals surface area contributed by atoms with Crippen molar-refractivity contribution in [2.45, 2.75) is 58.4 Å². The second-order valence-electron chi connectivity index (χ2n) is 6.63. The van der Waals surface area contributed by atoms with Gasteiger partial charge in [0.05, 0.1) is 0 Å². The smallest absolute Gasteiger partial charge is 0.0488 e. The summed E-state index contributed by atoms with van der Waals surface area (Å²) in [4.78, 5) is 5.28. The average molecular weight is 268 g/mol. The molecule has 0 bridgehead atoms. The summed E-state index contributed by atoms with van der Waals surface area (Å²) in [5, 5.41) is 9.70. The van der Waals surface area contributed by atoms with E-state index in [1.165, 1.54) is 71.2 Å². The summed E-state index contributed by atoms with van der Waals surface area (Å²) in [5.41, 5.74) is 0.241. The number of piperidine rings is 1. The molecular formula is C16H32N2O. The molecule has 3 nitrogen and oxygen atoms in total. The standard InChI is InChI=1S/C16H32N2O/c1-3-7-16(14-19)8-11-17(12-9-16)13-15-6-5-10-18(15)4-2/h15,19H,3-14H2,1-2H3. The Morgan fingerprint density at radius 1 is 1.16 bits per heavy atom. The van der Waals surface area contributed by atoms with Crippen LogP contribution in [0.4, 0.5) is 0 Å². The first kappa shape index (κ1) is 15.3. The van der Waals surface area contributed by atoms with E-state index in [1.807, 2.05) is 0 Å². The predicted octanol–water partition coefficient (Wildman–Crippen LogP) is 2.35. The van der Waals surface area contributed by atoms with Crippen molar-refractivity contribution < 1.29 is 5.11 Å². The van der Waals surface area contributed by atoms with Gasteiger partial charge in [-0.1, -0.05) is 20.3 Å². The van der Waals surface area contributed by atoms with Gasteiger partial charge in [0.2, 0.25) is 0 Å². The number of nitrogens with zero attached hydrogens (tertiary/aromatic N) is 2. The molecular weight excluding hydrogens is 236 g/mol. The molecule has 0 aromatic heterocycles. The summed E-state index contributed by atoms with van der Waals surface area (Å²) in [6, 6.07) is 0.790. The van der Waals surface area contributed by atoms with Gasteiger partial charge in [0.25, 0.3) is 0 Å². The number of likely N-dealkylation sites (N-methyl/N-ethyl adjacent to an activating group) is 1. The fourth-order valence-electron chi connectivity index (χ4n) is 4.04. The van der Waals surface area contributed by atoms with Gasteiger partial charge in [0.15, 0.2) is 0 Å². The molecule has 2 fully saturated rings. The third kappa shape index (κ3) is 3.71. The highest BCUT2D eigenvalue weighted by Gasteiger charge is 2.34. The fraction of sp³-hybridized carbons (Fsp3) is 1.00. The SMILES string of the molecule is CCCC1(CO)CCN(CC2CCCN2CC)CC1. The molecule has 0 spiro atoms. The van der Waals surface area contributed by atoms with Crippen LogP contribution < -0.4 is 0 Å². The minimum Gasteiger partial charge on any atom is -0.396 e. The van der Waals surface area contributed by atoms with Crippen molar-refractivity contribution in [1.82, 2.24) is 9.80 Å². The van der Waals surface area contributed by atoms with Crippen LogP contribution in [-0.2, 0) is 0 Å². The van der Waals surface area contributed by atoms with Gasteiger partial charge in [-0.2, -0.15) is 0 Å². The van der Waals surface area contributed by atoms with E-state index < -0.39 is 0 Å². The predicted molar refractivity (Wildman–Crippen MR) is 80.4 cm³/mol. The second-order valence-corrected chi connectivity index (χ2v) is 6.63. The lowest BCUT2D eigenvalue weighted by atomic mass is 9.75. The lowest BCUT2D eigenvalue weighted by molar-refractivity contribution is 0.0287. The third-order valence-corrected chi connectivity index (χ3v) is 5.41. The van der Waals surface area contributed by atoms with Gasteiger partial charge >= 0.3 is 0 Å². The molecule has 0 radical (unpaired) electrons. The summed E-state index contributed by atoms with van der Waals surface area (Å²) in [7, 11) is 0. The Balaban J connectivity index is 1.79. The van der Waals surface area contributed by atoms with Gasteiger partial charge in [-0.3, -0.25) is 4.90 Å². The van der Waals surface area contributed by atoms with E-state index in [9.17, 15) is 5.11 Å². The highest BCUT2D eigenvalue weighted by molar-refractivity contribution is 4.88. The number of hydrogen-bond donors (Lipinski definition) is 1. The summed E-state index contributed by atoms with van der Waals surface area (Å²) in [5.74, 6) is 0.